The molecule has 0 bridgehead atoms. The van der Waals surface area contributed by atoms with Gasteiger partial charge in [0.15, 0.2) is 0 Å². The van der Waals surface area contributed by atoms with Gasteiger partial charge in [-0.1, -0.05) is 12.1 Å². The number of non-ortho nitro benzene ring substituents is 1. The average molecular weight is 230 g/mol. The van der Waals surface area contributed by atoms with Crippen LogP contribution in [0.5, 0.6) is 5.75 Å². The minimum Gasteiger partial charge on any atom is -0.508 e. The number of nitrogens with zero attached hydrogens (tertiary/aromatic N) is 1. The van der Waals surface area contributed by atoms with Crippen LogP contribution in [0.4, 0.5) is 11.4 Å². The third kappa shape index (κ3) is 2.34. The van der Waals surface area contributed by atoms with Gasteiger partial charge in [0.25, 0.3) is 5.69 Å². The van der Waals surface area contributed by atoms with Crippen molar-refractivity contribution in [2.24, 2.45) is 0 Å². The number of aromatic hydroxyl groups is 1. The molecule has 0 atom stereocenters. The molecule has 0 aliphatic rings. The molecule has 0 radical (unpaired) electrons. The number of nitro benzene ring substituents is 1. The van der Waals surface area contributed by atoms with E-state index in [9.17, 15) is 15.2 Å². The molecule has 2 aromatic rings. The Morgan fingerprint density at radius 2 is 1.71 bits per heavy atom. The number of phenols is 1. The summed E-state index contributed by atoms with van der Waals surface area (Å²) in [5.74, 6) is -0.133. The van der Waals surface area contributed by atoms with Crippen molar-refractivity contribution >= 4 is 11.4 Å². The van der Waals surface area contributed by atoms with Gasteiger partial charge in [-0.15, -0.1) is 0 Å². The predicted octanol–water partition coefficient (Wildman–Crippen LogP) is 2.55. The maximum Gasteiger partial charge on any atom is 0.273 e. The fraction of sp³-hybridized carbons (Fsp3) is 0. The molecule has 0 unspecified atom stereocenters. The fourth-order valence-corrected chi connectivity index (χ4v) is 1.54. The van der Waals surface area contributed by atoms with Gasteiger partial charge < -0.3 is 10.8 Å². The third-order valence-corrected chi connectivity index (χ3v) is 2.36. The van der Waals surface area contributed by atoms with E-state index in [1.165, 1.54) is 12.1 Å². The molecular weight excluding hydrogens is 220 g/mol. The van der Waals surface area contributed by atoms with Gasteiger partial charge in [-0.05, 0) is 29.3 Å². The number of anilines is 1. The summed E-state index contributed by atoms with van der Waals surface area (Å²) in [6, 6.07) is 10.9. The van der Waals surface area contributed by atoms with E-state index in [0.29, 0.717) is 11.3 Å². The highest BCUT2D eigenvalue weighted by atomic mass is 16.6. The van der Waals surface area contributed by atoms with Gasteiger partial charge >= 0.3 is 0 Å². The van der Waals surface area contributed by atoms with Crippen LogP contribution in [0.2, 0.25) is 0 Å². The van der Waals surface area contributed by atoms with Gasteiger partial charge in [0.2, 0.25) is 0 Å². The molecule has 0 amide bonds. The van der Waals surface area contributed by atoms with Gasteiger partial charge in [0.05, 0.1) is 11.0 Å². The SMILES string of the molecule is Nc1ccc(-c2cc(O)cc([N+](=O)[O-])c2)cc1. The summed E-state index contributed by atoms with van der Waals surface area (Å²) < 4.78 is 0. The minimum absolute atomic E-state index is 0.133. The lowest BCUT2D eigenvalue weighted by molar-refractivity contribution is -0.384. The first-order valence-corrected chi connectivity index (χ1v) is 4.90. The topological polar surface area (TPSA) is 89.4 Å². The molecule has 0 heterocycles. The Morgan fingerprint density at radius 1 is 1.06 bits per heavy atom. The molecule has 0 spiro atoms. The number of nitrogen functional groups attached to an aromatic ring is 1. The van der Waals surface area contributed by atoms with E-state index in [-0.39, 0.29) is 11.4 Å². The number of benzene rings is 2. The van der Waals surface area contributed by atoms with Crippen LogP contribution in [-0.4, -0.2) is 10.0 Å². The van der Waals surface area contributed by atoms with Crippen molar-refractivity contribution in [2.75, 3.05) is 5.73 Å². The van der Waals surface area contributed by atoms with Crippen LogP contribution in [0.15, 0.2) is 42.5 Å². The molecule has 0 aromatic heterocycles. The van der Waals surface area contributed by atoms with Crippen LogP contribution in [0.25, 0.3) is 11.1 Å². The predicted molar refractivity (Wildman–Crippen MR) is 64.6 cm³/mol. The highest BCUT2D eigenvalue weighted by Crippen LogP contribution is 2.29. The summed E-state index contributed by atoms with van der Waals surface area (Å²) in [5, 5.41) is 20.1. The number of nitro groups is 1. The number of nitrogens with two attached hydrogens (primary N) is 1. The Kier molecular flexibility index (Phi) is 2.66. The highest BCUT2D eigenvalue weighted by molar-refractivity contribution is 5.69. The number of rotatable bonds is 2. The van der Waals surface area contributed by atoms with Crippen LogP contribution >= 0.6 is 0 Å². The first-order chi connectivity index (χ1) is 8.06. The van der Waals surface area contributed by atoms with E-state index >= 15 is 0 Å². The van der Waals surface area contributed by atoms with Gasteiger partial charge in [-0.2, -0.15) is 0 Å². The summed E-state index contributed by atoms with van der Waals surface area (Å²) in [6.07, 6.45) is 0. The maximum atomic E-state index is 10.7. The lowest BCUT2D eigenvalue weighted by Crippen LogP contribution is -1.89. The zero-order valence-corrected chi connectivity index (χ0v) is 8.83. The van der Waals surface area contributed by atoms with Gasteiger partial charge in [0.1, 0.15) is 5.75 Å². The average Bonchev–Trinajstić information content (AvgIpc) is 2.29. The second-order valence-corrected chi connectivity index (χ2v) is 3.62. The van der Waals surface area contributed by atoms with E-state index < -0.39 is 4.92 Å². The quantitative estimate of drug-likeness (QED) is 0.471. The van der Waals surface area contributed by atoms with Crippen LogP contribution in [-0.2, 0) is 0 Å². The van der Waals surface area contributed by atoms with Crippen molar-refractivity contribution in [1.82, 2.24) is 0 Å². The van der Waals surface area contributed by atoms with Gasteiger partial charge in [-0.3, -0.25) is 10.1 Å². The zero-order valence-electron chi connectivity index (χ0n) is 8.83. The van der Waals surface area contributed by atoms with Crippen molar-refractivity contribution in [2.45, 2.75) is 0 Å². The molecular formula is C12H10N2O3. The minimum atomic E-state index is -0.541. The van der Waals surface area contributed by atoms with Crippen molar-refractivity contribution in [3.63, 3.8) is 0 Å². The summed E-state index contributed by atoms with van der Waals surface area (Å²) >= 11 is 0. The number of hydrogen-bond acceptors (Lipinski definition) is 4. The smallest absolute Gasteiger partial charge is 0.273 e. The number of phenolic OH excluding ortho intramolecular Hbond substituents is 1. The van der Waals surface area contributed by atoms with Gasteiger partial charge in [-0.25, -0.2) is 0 Å². The van der Waals surface area contributed by atoms with E-state index in [4.69, 9.17) is 5.73 Å². The van der Waals surface area contributed by atoms with Crippen molar-refractivity contribution in [3.8, 4) is 16.9 Å². The molecule has 17 heavy (non-hydrogen) atoms. The summed E-state index contributed by atoms with van der Waals surface area (Å²) in [5.41, 5.74) is 7.37. The molecule has 2 rings (SSSR count). The number of hydrogen-bond donors (Lipinski definition) is 2. The fourth-order valence-electron chi connectivity index (χ4n) is 1.54. The van der Waals surface area contributed by atoms with Crippen molar-refractivity contribution < 1.29 is 10.0 Å². The zero-order chi connectivity index (χ0) is 12.4. The van der Waals surface area contributed by atoms with Crippen LogP contribution in [0, 0.1) is 10.1 Å². The monoisotopic (exact) mass is 230 g/mol. The first kappa shape index (κ1) is 10.9. The van der Waals surface area contributed by atoms with Gasteiger partial charge in [0, 0.05) is 11.8 Å². The molecule has 5 nitrogen and oxygen atoms in total. The van der Waals surface area contributed by atoms with E-state index in [2.05, 4.69) is 0 Å². The van der Waals surface area contributed by atoms with Crippen LogP contribution in [0.3, 0.4) is 0 Å². The molecule has 2 aromatic carbocycles. The van der Waals surface area contributed by atoms with E-state index in [1.807, 2.05) is 0 Å². The van der Waals surface area contributed by atoms with Crippen LogP contribution < -0.4 is 5.73 Å². The molecule has 5 heteroatoms. The molecule has 0 saturated carbocycles. The molecule has 86 valence electrons. The van der Waals surface area contributed by atoms with Crippen molar-refractivity contribution in [3.05, 3.63) is 52.6 Å². The molecule has 0 aliphatic heterocycles. The Balaban J connectivity index is 2.51. The molecule has 0 saturated heterocycles. The first-order valence-electron chi connectivity index (χ1n) is 4.90. The second kappa shape index (κ2) is 4.13. The lowest BCUT2D eigenvalue weighted by atomic mass is 10.0. The maximum absolute atomic E-state index is 10.7. The summed E-state index contributed by atoms with van der Waals surface area (Å²) in [6.45, 7) is 0. The largest absolute Gasteiger partial charge is 0.508 e. The third-order valence-electron chi connectivity index (χ3n) is 2.36. The molecule has 0 aliphatic carbocycles. The Labute approximate surface area is 97.3 Å². The Hall–Kier alpha value is -2.56. The summed E-state index contributed by atoms with van der Waals surface area (Å²) in [7, 11) is 0. The van der Waals surface area contributed by atoms with E-state index in [0.717, 1.165) is 11.6 Å². The Morgan fingerprint density at radius 3 is 2.29 bits per heavy atom. The normalized spacial score (nSPS) is 10.1. The summed E-state index contributed by atoms with van der Waals surface area (Å²) in [4.78, 5) is 10.1. The van der Waals surface area contributed by atoms with E-state index in [1.54, 1.807) is 24.3 Å². The molecule has 3 N–H and O–H groups in total. The standard InChI is InChI=1S/C12H10N2O3/c13-10-3-1-8(2-4-10)9-5-11(14(16)17)7-12(15)6-9/h1-7,15H,13H2. The second-order valence-electron chi connectivity index (χ2n) is 3.62. The lowest BCUT2D eigenvalue weighted by Gasteiger charge is -2.03. The van der Waals surface area contributed by atoms with Crippen molar-refractivity contribution in [1.29, 1.82) is 0 Å². The molecule has 0 fully saturated rings. The highest BCUT2D eigenvalue weighted by Gasteiger charge is 2.10. The Bertz CT molecular complexity index is 564. The van der Waals surface area contributed by atoms with Crippen LogP contribution in [0.1, 0.15) is 0 Å².